The van der Waals surface area contributed by atoms with Gasteiger partial charge in [0.1, 0.15) is 5.75 Å². The Morgan fingerprint density at radius 2 is 2.11 bits per heavy atom. The van der Waals surface area contributed by atoms with Gasteiger partial charge < -0.3 is 14.4 Å². The first-order valence-electron chi connectivity index (χ1n) is 9.62. The lowest BCUT2D eigenvalue weighted by Gasteiger charge is -2.45. The fraction of sp³-hybridized carbons (Fsp3) is 0.524. The highest BCUT2D eigenvalue weighted by atomic mass is 16.5. The summed E-state index contributed by atoms with van der Waals surface area (Å²) in [5, 5.41) is 7.16. The predicted octanol–water partition coefficient (Wildman–Crippen LogP) is 2.67. The average molecular weight is 369 g/mol. The molecule has 1 aromatic carbocycles. The Hall–Kier alpha value is -2.34. The molecule has 0 radical (unpaired) electrons. The summed E-state index contributed by atoms with van der Waals surface area (Å²) >= 11 is 0. The van der Waals surface area contributed by atoms with Crippen molar-refractivity contribution in [2.24, 2.45) is 0 Å². The van der Waals surface area contributed by atoms with Crippen LogP contribution < -0.4 is 4.74 Å². The molecule has 3 heterocycles. The van der Waals surface area contributed by atoms with Gasteiger partial charge in [-0.2, -0.15) is 5.10 Å². The standard InChI is InChI=1S/C21H27N3O3/c1-14-18(15(2)23-22-14)13-20(25)24-9-7-21(8-10-24)19-5-4-17(26-3)12-16(19)6-11-27-21/h4-5,12H,6-11,13H2,1-3H3,(H,22,23). The molecule has 6 nitrogen and oxygen atoms in total. The molecule has 2 aromatic rings. The summed E-state index contributed by atoms with van der Waals surface area (Å²) in [6.07, 6.45) is 2.99. The second-order valence-corrected chi connectivity index (χ2v) is 7.59. The predicted molar refractivity (Wildman–Crippen MR) is 102 cm³/mol. The number of fused-ring (bicyclic) bond motifs is 2. The lowest BCUT2D eigenvalue weighted by Crippen LogP contribution is -2.48. The van der Waals surface area contributed by atoms with Crippen LogP contribution in [0.4, 0.5) is 0 Å². The van der Waals surface area contributed by atoms with Crippen LogP contribution in [0.2, 0.25) is 0 Å². The molecule has 6 heteroatoms. The number of rotatable bonds is 3. The van der Waals surface area contributed by atoms with Gasteiger partial charge in [-0.25, -0.2) is 0 Å². The van der Waals surface area contributed by atoms with Crippen molar-refractivity contribution in [1.82, 2.24) is 15.1 Å². The summed E-state index contributed by atoms with van der Waals surface area (Å²) in [4.78, 5) is 14.8. The Morgan fingerprint density at radius 1 is 1.33 bits per heavy atom. The maximum atomic E-state index is 12.8. The Balaban J connectivity index is 1.47. The number of nitrogens with zero attached hydrogens (tertiary/aromatic N) is 2. The number of ether oxygens (including phenoxy) is 2. The largest absolute Gasteiger partial charge is 0.497 e. The maximum Gasteiger partial charge on any atom is 0.227 e. The van der Waals surface area contributed by atoms with E-state index in [-0.39, 0.29) is 11.5 Å². The summed E-state index contributed by atoms with van der Waals surface area (Å²) in [5.41, 5.74) is 5.22. The van der Waals surface area contributed by atoms with Crippen molar-refractivity contribution < 1.29 is 14.3 Å². The van der Waals surface area contributed by atoms with Crippen LogP contribution in [0.5, 0.6) is 5.75 Å². The van der Waals surface area contributed by atoms with E-state index in [0.717, 1.165) is 61.7 Å². The van der Waals surface area contributed by atoms with Crippen molar-refractivity contribution in [3.63, 3.8) is 0 Å². The number of aromatic amines is 1. The molecule has 1 amide bonds. The normalized spacial score (nSPS) is 18.4. The molecule has 4 rings (SSSR count). The van der Waals surface area contributed by atoms with Gasteiger partial charge in [0, 0.05) is 24.3 Å². The third kappa shape index (κ3) is 3.23. The van der Waals surface area contributed by atoms with E-state index in [1.54, 1.807) is 7.11 Å². The van der Waals surface area contributed by atoms with Gasteiger partial charge in [0.15, 0.2) is 0 Å². The molecule has 1 spiro atoms. The number of H-pyrrole nitrogens is 1. The van der Waals surface area contributed by atoms with Crippen LogP contribution in [0.15, 0.2) is 18.2 Å². The first-order valence-corrected chi connectivity index (χ1v) is 9.62. The zero-order valence-electron chi connectivity index (χ0n) is 16.3. The van der Waals surface area contributed by atoms with Gasteiger partial charge in [0.05, 0.1) is 31.4 Å². The van der Waals surface area contributed by atoms with Crippen LogP contribution >= 0.6 is 0 Å². The third-order valence-corrected chi connectivity index (χ3v) is 6.09. The number of nitrogens with one attached hydrogen (secondary N) is 1. The van der Waals surface area contributed by atoms with Gasteiger partial charge in [-0.1, -0.05) is 6.07 Å². The van der Waals surface area contributed by atoms with Crippen molar-refractivity contribution in [2.75, 3.05) is 26.8 Å². The minimum absolute atomic E-state index is 0.170. The number of aryl methyl sites for hydroxylation is 2. The van der Waals surface area contributed by atoms with E-state index in [1.165, 1.54) is 11.1 Å². The lowest BCUT2D eigenvalue weighted by molar-refractivity contribution is -0.140. The van der Waals surface area contributed by atoms with E-state index >= 15 is 0 Å². The fourth-order valence-corrected chi connectivity index (χ4v) is 4.41. The second-order valence-electron chi connectivity index (χ2n) is 7.59. The summed E-state index contributed by atoms with van der Waals surface area (Å²) in [6.45, 7) is 6.08. The van der Waals surface area contributed by atoms with E-state index in [4.69, 9.17) is 9.47 Å². The summed E-state index contributed by atoms with van der Waals surface area (Å²) < 4.78 is 11.7. The van der Waals surface area contributed by atoms with Crippen LogP contribution in [0.25, 0.3) is 0 Å². The molecular weight excluding hydrogens is 342 g/mol. The number of carbonyl (C=O) groups excluding carboxylic acids is 1. The van der Waals surface area contributed by atoms with Gasteiger partial charge >= 0.3 is 0 Å². The monoisotopic (exact) mass is 369 g/mol. The van der Waals surface area contributed by atoms with Crippen molar-refractivity contribution in [2.45, 2.75) is 45.1 Å². The fourth-order valence-electron chi connectivity index (χ4n) is 4.41. The molecule has 0 aliphatic carbocycles. The van der Waals surface area contributed by atoms with E-state index in [1.807, 2.05) is 24.8 Å². The number of aromatic nitrogens is 2. The van der Waals surface area contributed by atoms with Gasteiger partial charge in [-0.15, -0.1) is 0 Å². The number of benzene rings is 1. The molecule has 0 bridgehead atoms. The summed E-state index contributed by atoms with van der Waals surface area (Å²) in [5.74, 6) is 1.06. The van der Waals surface area contributed by atoms with E-state index in [0.29, 0.717) is 6.42 Å². The molecule has 2 aliphatic heterocycles. The van der Waals surface area contributed by atoms with Gasteiger partial charge in [-0.3, -0.25) is 9.89 Å². The number of likely N-dealkylation sites (tertiary alicyclic amines) is 1. The molecule has 1 N–H and O–H groups in total. The molecule has 27 heavy (non-hydrogen) atoms. The summed E-state index contributed by atoms with van der Waals surface area (Å²) in [7, 11) is 1.70. The Bertz CT molecular complexity index is 831. The van der Waals surface area contributed by atoms with Crippen LogP contribution in [-0.4, -0.2) is 47.8 Å². The lowest BCUT2D eigenvalue weighted by atomic mass is 9.79. The van der Waals surface area contributed by atoms with Gasteiger partial charge in [-0.05, 0) is 56.4 Å². The van der Waals surface area contributed by atoms with E-state index in [9.17, 15) is 4.79 Å². The number of amides is 1. The SMILES string of the molecule is COc1ccc2c(c1)CCOC21CCN(C(=O)Cc2c(C)n[nH]c2C)CC1. The van der Waals surface area contributed by atoms with Crippen LogP contribution in [0.3, 0.4) is 0 Å². The molecule has 0 atom stereocenters. The number of hydrogen-bond donors (Lipinski definition) is 1. The minimum atomic E-state index is -0.266. The van der Waals surface area contributed by atoms with Crippen molar-refractivity contribution in [1.29, 1.82) is 0 Å². The maximum absolute atomic E-state index is 12.8. The van der Waals surface area contributed by atoms with Crippen LogP contribution in [-0.2, 0) is 28.0 Å². The summed E-state index contributed by atoms with van der Waals surface area (Å²) in [6, 6.07) is 6.28. The highest BCUT2D eigenvalue weighted by Gasteiger charge is 2.41. The zero-order valence-corrected chi connectivity index (χ0v) is 16.3. The topological polar surface area (TPSA) is 67.5 Å². The Labute approximate surface area is 159 Å². The molecule has 144 valence electrons. The smallest absolute Gasteiger partial charge is 0.227 e. The van der Waals surface area contributed by atoms with E-state index < -0.39 is 0 Å². The molecule has 2 aliphatic rings. The molecule has 1 aromatic heterocycles. The number of hydrogen-bond acceptors (Lipinski definition) is 4. The highest BCUT2D eigenvalue weighted by Crippen LogP contribution is 2.42. The molecule has 1 fully saturated rings. The first-order chi connectivity index (χ1) is 13.0. The highest BCUT2D eigenvalue weighted by molar-refractivity contribution is 5.79. The minimum Gasteiger partial charge on any atom is -0.497 e. The molecule has 0 unspecified atom stereocenters. The number of methoxy groups -OCH3 is 1. The van der Waals surface area contributed by atoms with Crippen molar-refractivity contribution in [3.05, 3.63) is 46.3 Å². The van der Waals surface area contributed by atoms with Crippen LogP contribution in [0, 0.1) is 13.8 Å². The average Bonchev–Trinajstić information content (AvgIpc) is 3.00. The number of carbonyl (C=O) groups is 1. The van der Waals surface area contributed by atoms with Gasteiger partial charge in [0.25, 0.3) is 0 Å². The molecule has 1 saturated heterocycles. The molecular formula is C21H27N3O3. The second kappa shape index (κ2) is 7.00. The Morgan fingerprint density at radius 3 is 2.78 bits per heavy atom. The van der Waals surface area contributed by atoms with Crippen molar-refractivity contribution >= 4 is 5.91 Å². The van der Waals surface area contributed by atoms with E-state index in [2.05, 4.69) is 22.3 Å². The van der Waals surface area contributed by atoms with Gasteiger partial charge in [0.2, 0.25) is 5.91 Å². The Kier molecular flexibility index (Phi) is 4.68. The zero-order chi connectivity index (χ0) is 19.0. The first kappa shape index (κ1) is 18.0. The van der Waals surface area contributed by atoms with Crippen molar-refractivity contribution in [3.8, 4) is 5.75 Å². The number of piperidine rings is 1. The third-order valence-electron chi connectivity index (χ3n) is 6.09. The quantitative estimate of drug-likeness (QED) is 0.903. The van der Waals surface area contributed by atoms with Crippen LogP contribution in [0.1, 0.15) is 40.9 Å². The molecule has 0 saturated carbocycles.